The second-order valence-corrected chi connectivity index (χ2v) is 7.13. The van der Waals surface area contributed by atoms with Crippen molar-refractivity contribution in [2.45, 2.75) is 40.0 Å². The molecular formula is C25H24N2. The van der Waals surface area contributed by atoms with Gasteiger partial charge in [-0.3, -0.25) is 0 Å². The molecule has 0 fully saturated rings. The first kappa shape index (κ1) is 18.7. The van der Waals surface area contributed by atoms with E-state index in [0.29, 0.717) is 6.42 Å². The molecule has 0 saturated carbocycles. The van der Waals surface area contributed by atoms with Gasteiger partial charge in [-0.1, -0.05) is 66.6 Å². The van der Waals surface area contributed by atoms with E-state index >= 15 is 0 Å². The molecule has 0 aromatic heterocycles. The fourth-order valence-corrected chi connectivity index (χ4v) is 4.17. The Balaban J connectivity index is 0.000000481. The van der Waals surface area contributed by atoms with Crippen LogP contribution in [0.15, 0.2) is 59.7 Å². The van der Waals surface area contributed by atoms with Crippen LogP contribution in [0.4, 0.5) is 0 Å². The van der Waals surface area contributed by atoms with Crippen LogP contribution in [0.3, 0.4) is 0 Å². The normalized spacial score (nSPS) is 14.3. The van der Waals surface area contributed by atoms with Crippen molar-refractivity contribution in [2.24, 2.45) is 5.92 Å². The highest BCUT2D eigenvalue weighted by molar-refractivity contribution is 5.92. The van der Waals surface area contributed by atoms with Crippen LogP contribution in [0.25, 0.3) is 11.1 Å². The second-order valence-electron chi connectivity index (χ2n) is 7.13. The van der Waals surface area contributed by atoms with Crippen molar-refractivity contribution in [1.82, 2.24) is 0 Å². The number of benzene rings is 2. The average molecular weight is 352 g/mol. The van der Waals surface area contributed by atoms with Gasteiger partial charge in [-0.05, 0) is 60.1 Å². The number of fused-ring (bicyclic) bond motifs is 2. The lowest BCUT2D eigenvalue weighted by molar-refractivity contribution is 1.09. The molecule has 0 atom stereocenters. The van der Waals surface area contributed by atoms with Crippen molar-refractivity contribution in [3.63, 3.8) is 0 Å². The summed E-state index contributed by atoms with van der Waals surface area (Å²) in [6, 6.07) is 21.6. The summed E-state index contributed by atoms with van der Waals surface area (Å²) in [5, 5.41) is 17.6. The third kappa shape index (κ3) is 3.44. The van der Waals surface area contributed by atoms with Gasteiger partial charge in [-0.25, -0.2) is 0 Å². The van der Waals surface area contributed by atoms with E-state index in [1.165, 1.54) is 44.5 Å². The van der Waals surface area contributed by atoms with Gasteiger partial charge in [0.15, 0.2) is 0 Å². The predicted molar refractivity (Wildman–Crippen MR) is 110 cm³/mol. The zero-order chi connectivity index (χ0) is 19.4. The molecule has 0 N–H and O–H groups in total. The molecule has 0 heterocycles. The quantitative estimate of drug-likeness (QED) is 0.655. The lowest BCUT2D eigenvalue weighted by atomic mass is 9.83. The van der Waals surface area contributed by atoms with E-state index in [9.17, 15) is 5.26 Å². The molecule has 2 aliphatic rings. The molecule has 0 unspecified atom stereocenters. The van der Waals surface area contributed by atoms with Gasteiger partial charge in [0.1, 0.15) is 0 Å². The average Bonchev–Trinajstić information content (AvgIpc) is 3.20. The van der Waals surface area contributed by atoms with Gasteiger partial charge in [0.2, 0.25) is 0 Å². The van der Waals surface area contributed by atoms with Gasteiger partial charge >= 0.3 is 0 Å². The molecule has 2 aliphatic carbocycles. The largest absolute Gasteiger partial charge is 0.198 e. The summed E-state index contributed by atoms with van der Waals surface area (Å²) in [5.74, 6) is -0.165. The molecule has 0 radical (unpaired) electrons. The molecule has 2 heteroatoms. The minimum absolute atomic E-state index is 0.165. The molecule has 0 amide bonds. The standard InChI is InChI=1S/C22H19N.C3H5N/c1-14-11-16-7-3-5-9-18(16)21(14)20(13-23)22-15(2)12-17-8-4-6-10-19(17)22;1-2-3-4/h3-10,20H,11-12H2,1-2H3;2H2,1H3. The Morgan fingerprint density at radius 2 is 1.22 bits per heavy atom. The zero-order valence-electron chi connectivity index (χ0n) is 16.2. The summed E-state index contributed by atoms with van der Waals surface area (Å²) < 4.78 is 0. The smallest absolute Gasteiger partial charge is 0.0973 e. The molecule has 0 bridgehead atoms. The highest BCUT2D eigenvalue weighted by Gasteiger charge is 2.32. The first-order valence-electron chi connectivity index (χ1n) is 9.44. The van der Waals surface area contributed by atoms with E-state index in [2.05, 4.69) is 68.4 Å². The molecule has 2 aromatic rings. The monoisotopic (exact) mass is 352 g/mol. The minimum atomic E-state index is -0.165. The highest BCUT2D eigenvalue weighted by atomic mass is 14.4. The summed E-state index contributed by atoms with van der Waals surface area (Å²) in [5.41, 5.74) is 10.4. The highest BCUT2D eigenvalue weighted by Crippen LogP contribution is 2.46. The maximum Gasteiger partial charge on any atom is 0.0973 e. The summed E-state index contributed by atoms with van der Waals surface area (Å²) in [6.07, 6.45) is 2.56. The first-order chi connectivity index (χ1) is 13.1. The van der Waals surface area contributed by atoms with Gasteiger partial charge in [0, 0.05) is 6.42 Å². The number of nitriles is 2. The first-order valence-corrected chi connectivity index (χ1v) is 9.44. The van der Waals surface area contributed by atoms with Crippen LogP contribution in [-0.2, 0) is 12.8 Å². The van der Waals surface area contributed by atoms with E-state index in [1.807, 2.05) is 13.0 Å². The third-order valence-corrected chi connectivity index (χ3v) is 5.31. The lowest BCUT2D eigenvalue weighted by Gasteiger charge is -2.18. The van der Waals surface area contributed by atoms with E-state index in [4.69, 9.17) is 5.26 Å². The number of nitrogens with zero attached hydrogens (tertiary/aromatic N) is 2. The molecule has 4 rings (SSSR count). The number of hydrogen-bond acceptors (Lipinski definition) is 2. The van der Waals surface area contributed by atoms with E-state index in [0.717, 1.165) is 12.8 Å². The molecule has 0 spiro atoms. The fourth-order valence-electron chi connectivity index (χ4n) is 4.17. The molecule has 134 valence electrons. The topological polar surface area (TPSA) is 47.6 Å². The van der Waals surface area contributed by atoms with Gasteiger partial charge in [-0.2, -0.15) is 10.5 Å². The van der Waals surface area contributed by atoms with Crippen LogP contribution in [0, 0.1) is 28.6 Å². The van der Waals surface area contributed by atoms with Gasteiger partial charge < -0.3 is 0 Å². The number of hydrogen-bond donors (Lipinski definition) is 0. The number of allylic oxidation sites excluding steroid dienone is 4. The third-order valence-electron chi connectivity index (χ3n) is 5.31. The maximum absolute atomic E-state index is 10.0. The Bertz CT molecular complexity index is 940. The van der Waals surface area contributed by atoms with Gasteiger partial charge in [0.05, 0.1) is 18.1 Å². The van der Waals surface area contributed by atoms with Crippen LogP contribution in [0.5, 0.6) is 0 Å². The van der Waals surface area contributed by atoms with Crippen molar-refractivity contribution >= 4 is 11.1 Å². The fraction of sp³-hybridized carbons (Fsp3) is 0.280. The van der Waals surface area contributed by atoms with Crippen molar-refractivity contribution in [2.75, 3.05) is 0 Å². The van der Waals surface area contributed by atoms with Crippen LogP contribution >= 0.6 is 0 Å². The SMILES string of the molecule is CC1=C(C(C#N)C2=C(C)Cc3ccccc32)c2ccccc2C1.CCC#N. The van der Waals surface area contributed by atoms with Crippen molar-refractivity contribution in [3.05, 3.63) is 81.9 Å². The molecule has 2 nitrogen and oxygen atoms in total. The van der Waals surface area contributed by atoms with Crippen LogP contribution < -0.4 is 0 Å². The van der Waals surface area contributed by atoms with E-state index in [-0.39, 0.29) is 5.92 Å². The number of rotatable bonds is 2. The maximum atomic E-state index is 10.0. The van der Waals surface area contributed by atoms with Gasteiger partial charge in [-0.15, -0.1) is 0 Å². The molecule has 2 aromatic carbocycles. The van der Waals surface area contributed by atoms with Crippen LogP contribution in [0.1, 0.15) is 49.4 Å². The minimum Gasteiger partial charge on any atom is -0.198 e. The zero-order valence-corrected chi connectivity index (χ0v) is 16.2. The molecule has 0 aliphatic heterocycles. The molecule has 27 heavy (non-hydrogen) atoms. The summed E-state index contributed by atoms with van der Waals surface area (Å²) in [6.45, 7) is 6.17. The predicted octanol–water partition coefficient (Wildman–Crippen LogP) is 6.11. The van der Waals surface area contributed by atoms with E-state index in [1.54, 1.807) is 0 Å². The Morgan fingerprint density at radius 3 is 1.59 bits per heavy atom. The Hall–Kier alpha value is -3.10. The summed E-state index contributed by atoms with van der Waals surface area (Å²) >= 11 is 0. The summed E-state index contributed by atoms with van der Waals surface area (Å²) in [4.78, 5) is 0. The molecule has 0 saturated heterocycles. The Morgan fingerprint density at radius 1 is 0.815 bits per heavy atom. The van der Waals surface area contributed by atoms with Crippen molar-refractivity contribution in [1.29, 1.82) is 10.5 Å². The summed E-state index contributed by atoms with van der Waals surface area (Å²) in [7, 11) is 0. The van der Waals surface area contributed by atoms with Crippen LogP contribution in [-0.4, -0.2) is 0 Å². The van der Waals surface area contributed by atoms with Crippen molar-refractivity contribution < 1.29 is 0 Å². The Kier molecular flexibility index (Phi) is 5.58. The van der Waals surface area contributed by atoms with E-state index < -0.39 is 0 Å². The van der Waals surface area contributed by atoms with Crippen LogP contribution in [0.2, 0.25) is 0 Å². The van der Waals surface area contributed by atoms with Crippen molar-refractivity contribution in [3.8, 4) is 12.1 Å². The second kappa shape index (κ2) is 8.07. The lowest BCUT2D eigenvalue weighted by Crippen LogP contribution is -2.05. The van der Waals surface area contributed by atoms with Gasteiger partial charge in [0.25, 0.3) is 0 Å². The Labute approximate surface area is 162 Å². The molecular weight excluding hydrogens is 328 g/mol.